The normalized spacial score (nSPS) is 12.3. The molecule has 2 rings (SSSR count). The molecule has 108 valence electrons. The predicted octanol–water partition coefficient (Wildman–Crippen LogP) is 1.27. The molecule has 0 aliphatic carbocycles. The van der Waals surface area contributed by atoms with E-state index in [1.807, 2.05) is 44.0 Å². The molecule has 2 heterocycles. The SMILES string of the molecule is CC(C(=O)N(C)CCCc1nccn1C)n1cccn1. The van der Waals surface area contributed by atoms with E-state index in [-0.39, 0.29) is 11.9 Å². The molecule has 6 nitrogen and oxygen atoms in total. The van der Waals surface area contributed by atoms with Crippen molar-refractivity contribution in [2.24, 2.45) is 7.05 Å². The molecule has 0 bridgehead atoms. The standard InChI is InChI=1S/C14H21N5O/c1-12(19-10-5-7-16-19)14(20)18(3)9-4-6-13-15-8-11-17(13)2/h5,7-8,10-12H,4,6,9H2,1-3H3. The zero-order valence-electron chi connectivity index (χ0n) is 12.2. The molecule has 0 saturated heterocycles. The first-order chi connectivity index (χ1) is 9.59. The first kappa shape index (κ1) is 14.3. The molecule has 1 amide bonds. The van der Waals surface area contributed by atoms with Gasteiger partial charge in [-0.25, -0.2) is 4.98 Å². The lowest BCUT2D eigenvalue weighted by Gasteiger charge is -2.21. The minimum atomic E-state index is -0.261. The van der Waals surface area contributed by atoms with Crippen LogP contribution in [0.4, 0.5) is 0 Å². The molecule has 1 atom stereocenters. The molecule has 0 aliphatic heterocycles. The third-order valence-corrected chi connectivity index (χ3v) is 3.47. The van der Waals surface area contributed by atoms with Gasteiger partial charge in [-0.05, 0) is 19.4 Å². The Morgan fingerprint density at radius 1 is 1.40 bits per heavy atom. The maximum absolute atomic E-state index is 12.2. The van der Waals surface area contributed by atoms with E-state index in [4.69, 9.17) is 0 Å². The van der Waals surface area contributed by atoms with Crippen molar-refractivity contribution in [3.63, 3.8) is 0 Å². The molecule has 0 aromatic carbocycles. The summed E-state index contributed by atoms with van der Waals surface area (Å²) < 4.78 is 3.69. The van der Waals surface area contributed by atoms with Gasteiger partial charge in [-0.2, -0.15) is 5.10 Å². The van der Waals surface area contributed by atoms with Crippen molar-refractivity contribution < 1.29 is 4.79 Å². The number of aryl methyl sites for hydroxylation is 2. The van der Waals surface area contributed by atoms with Crippen molar-refractivity contribution >= 4 is 5.91 Å². The molecule has 2 aromatic rings. The van der Waals surface area contributed by atoms with Gasteiger partial charge in [0, 0.05) is 51.8 Å². The van der Waals surface area contributed by atoms with E-state index in [1.54, 1.807) is 22.0 Å². The Morgan fingerprint density at radius 3 is 2.80 bits per heavy atom. The van der Waals surface area contributed by atoms with Crippen LogP contribution in [-0.2, 0) is 18.3 Å². The van der Waals surface area contributed by atoms with Crippen LogP contribution >= 0.6 is 0 Å². The molecule has 0 fully saturated rings. The van der Waals surface area contributed by atoms with E-state index in [0.717, 1.165) is 25.2 Å². The van der Waals surface area contributed by atoms with Crippen molar-refractivity contribution in [3.8, 4) is 0 Å². The van der Waals surface area contributed by atoms with E-state index in [0.29, 0.717) is 0 Å². The number of rotatable bonds is 6. The quantitative estimate of drug-likeness (QED) is 0.797. The van der Waals surface area contributed by atoms with Crippen LogP contribution in [0, 0.1) is 0 Å². The average Bonchev–Trinajstić information content (AvgIpc) is 3.09. The molecule has 0 radical (unpaired) electrons. The predicted molar refractivity (Wildman–Crippen MR) is 76.1 cm³/mol. The van der Waals surface area contributed by atoms with Crippen molar-refractivity contribution in [3.05, 3.63) is 36.7 Å². The highest BCUT2D eigenvalue weighted by Gasteiger charge is 2.18. The van der Waals surface area contributed by atoms with Gasteiger partial charge in [0.1, 0.15) is 11.9 Å². The van der Waals surface area contributed by atoms with Crippen molar-refractivity contribution in [1.82, 2.24) is 24.2 Å². The lowest BCUT2D eigenvalue weighted by atomic mass is 10.2. The maximum atomic E-state index is 12.2. The minimum absolute atomic E-state index is 0.0774. The van der Waals surface area contributed by atoms with E-state index >= 15 is 0 Å². The largest absolute Gasteiger partial charge is 0.344 e. The molecule has 2 aromatic heterocycles. The summed E-state index contributed by atoms with van der Waals surface area (Å²) >= 11 is 0. The zero-order chi connectivity index (χ0) is 14.5. The fourth-order valence-corrected chi connectivity index (χ4v) is 2.16. The smallest absolute Gasteiger partial charge is 0.246 e. The molecular weight excluding hydrogens is 254 g/mol. The Labute approximate surface area is 119 Å². The molecule has 0 spiro atoms. The van der Waals surface area contributed by atoms with E-state index in [9.17, 15) is 4.79 Å². The molecule has 1 unspecified atom stereocenters. The van der Waals surface area contributed by atoms with Gasteiger partial charge in [0.2, 0.25) is 5.91 Å². The summed E-state index contributed by atoms with van der Waals surface area (Å²) in [7, 11) is 3.82. The number of carbonyl (C=O) groups excluding carboxylic acids is 1. The van der Waals surface area contributed by atoms with Crippen molar-refractivity contribution in [2.75, 3.05) is 13.6 Å². The lowest BCUT2D eigenvalue weighted by molar-refractivity contribution is -0.133. The third-order valence-electron chi connectivity index (χ3n) is 3.47. The first-order valence-corrected chi connectivity index (χ1v) is 6.80. The summed E-state index contributed by atoms with van der Waals surface area (Å²) in [6.07, 6.45) is 9.00. The van der Waals surface area contributed by atoms with Gasteiger partial charge >= 0.3 is 0 Å². The van der Waals surface area contributed by atoms with Crippen LogP contribution in [0.2, 0.25) is 0 Å². The highest BCUT2D eigenvalue weighted by Crippen LogP contribution is 2.08. The number of nitrogens with zero attached hydrogens (tertiary/aromatic N) is 5. The van der Waals surface area contributed by atoms with Gasteiger partial charge in [0.25, 0.3) is 0 Å². The van der Waals surface area contributed by atoms with Gasteiger partial charge in [-0.15, -0.1) is 0 Å². The minimum Gasteiger partial charge on any atom is -0.344 e. The number of imidazole rings is 1. The van der Waals surface area contributed by atoms with Gasteiger partial charge < -0.3 is 9.47 Å². The van der Waals surface area contributed by atoms with Crippen LogP contribution in [-0.4, -0.2) is 43.7 Å². The van der Waals surface area contributed by atoms with Crippen LogP contribution in [0.1, 0.15) is 25.2 Å². The van der Waals surface area contributed by atoms with Crippen molar-refractivity contribution in [2.45, 2.75) is 25.8 Å². The molecule has 0 aliphatic rings. The van der Waals surface area contributed by atoms with Crippen molar-refractivity contribution in [1.29, 1.82) is 0 Å². The third kappa shape index (κ3) is 3.26. The van der Waals surface area contributed by atoms with E-state index < -0.39 is 0 Å². The summed E-state index contributed by atoms with van der Waals surface area (Å²) in [6.45, 7) is 2.59. The van der Waals surface area contributed by atoms with Gasteiger partial charge in [-0.1, -0.05) is 0 Å². The second kappa shape index (κ2) is 6.36. The van der Waals surface area contributed by atoms with Crippen LogP contribution in [0.5, 0.6) is 0 Å². The van der Waals surface area contributed by atoms with Crippen LogP contribution < -0.4 is 0 Å². The Kier molecular flexibility index (Phi) is 4.55. The summed E-state index contributed by atoms with van der Waals surface area (Å²) in [5, 5.41) is 4.11. The summed E-state index contributed by atoms with van der Waals surface area (Å²) in [6, 6.07) is 1.56. The fraction of sp³-hybridized carbons (Fsp3) is 0.500. The number of hydrogen-bond acceptors (Lipinski definition) is 3. The Morgan fingerprint density at radius 2 is 2.20 bits per heavy atom. The number of carbonyl (C=O) groups is 1. The second-order valence-corrected chi connectivity index (χ2v) is 4.98. The van der Waals surface area contributed by atoms with Crippen LogP contribution in [0.3, 0.4) is 0 Å². The molecule has 0 N–H and O–H groups in total. The van der Waals surface area contributed by atoms with Crippen LogP contribution in [0.15, 0.2) is 30.9 Å². The summed E-state index contributed by atoms with van der Waals surface area (Å²) in [4.78, 5) is 18.3. The second-order valence-electron chi connectivity index (χ2n) is 4.98. The lowest BCUT2D eigenvalue weighted by Crippen LogP contribution is -2.34. The maximum Gasteiger partial charge on any atom is 0.246 e. The van der Waals surface area contributed by atoms with Gasteiger partial charge in [0.15, 0.2) is 0 Å². The Bertz CT molecular complexity index is 546. The molecule has 0 saturated carbocycles. The van der Waals surface area contributed by atoms with E-state index in [2.05, 4.69) is 10.1 Å². The zero-order valence-corrected chi connectivity index (χ0v) is 12.2. The topological polar surface area (TPSA) is 56.0 Å². The highest BCUT2D eigenvalue weighted by atomic mass is 16.2. The summed E-state index contributed by atoms with van der Waals surface area (Å²) in [5.74, 6) is 1.12. The number of aromatic nitrogens is 4. The Hall–Kier alpha value is -2.11. The number of amides is 1. The highest BCUT2D eigenvalue weighted by molar-refractivity contribution is 5.79. The molecule has 20 heavy (non-hydrogen) atoms. The van der Waals surface area contributed by atoms with Gasteiger partial charge in [-0.3, -0.25) is 9.48 Å². The Balaban J connectivity index is 1.81. The monoisotopic (exact) mass is 275 g/mol. The van der Waals surface area contributed by atoms with Gasteiger partial charge in [0.05, 0.1) is 0 Å². The fourth-order valence-electron chi connectivity index (χ4n) is 2.16. The first-order valence-electron chi connectivity index (χ1n) is 6.80. The molecule has 6 heteroatoms. The molecular formula is C14H21N5O. The average molecular weight is 275 g/mol. The van der Waals surface area contributed by atoms with Crippen LogP contribution in [0.25, 0.3) is 0 Å². The van der Waals surface area contributed by atoms with E-state index in [1.165, 1.54) is 0 Å². The number of hydrogen-bond donors (Lipinski definition) is 0. The number of likely N-dealkylation sites (N-methyl/N-ethyl adjacent to an activating group) is 1. The summed E-state index contributed by atoms with van der Waals surface area (Å²) in [5.41, 5.74) is 0.